The molecule has 1 aliphatic rings. The van der Waals surface area contributed by atoms with E-state index in [0.717, 1.165) is 39.0 Å². The van der Waals surface area contributed by atoms with Crippen molar-refractivity contribution < 1.29 is 4.42 Å². The molecule has 0 amide bonds. The summed E-state index contributed by atoms with van der Waals surface area (Å²) in [5.41, 5.74) is 17.6. The molecular weight excluding hydrogens is 691 g/mol. The van der Waals surface area contributed by atoms with Crippen molar-refractivity contribution in [2.24, 2.45) is 0 Å². The molecule has 0 N–H and O–H groups in total. The van der Waals surface area contributed by atoms with Crippen LogP contribution < -0.4 is 4.90 Å². The molecule has 1 aliphatic carbocycles. The highest BCUT2D eigenvalue weighted by Crippen LogP contribution is 2.51. The Bertz CT molecular complexity index is 3120. The van der Waals surface area contributed by atoms with E-state index in [-0.39, 0.29) is 5.41 Å². The number of rotatable bonds is 6. The lowest BCUT2D eigenvalue weighted by Crippen LogP contribution is -2.16. The van der Waals surface area contributed by atoms with Crippen molar-refractivity contribution in [2.45, 2.75) is 19.3 Å². The van der Waals surface area contributed by atoms with Crippen LogP contribution in [0.25, 0.3) is 77.2 Å². The summed E-state index contributed by atoms with van der Waals surface area (Å²) in [6, 6.07) is 72.6. The fourth-order valence-electron chi connectivity index (χ4n) is 9.19. The number of fused-ring (bicyclic) bond motifs is 8. The van der Waals surface area contributed by atoms with Crippen LogP contribution in [0.15, 0.2) is 205 Å². The van der Waals surface area contributed by atoms with Crippen molar-refractivity contribution in [3.8, 4) is 44.5 Å². The third kappa shape index (κ3) is 5.40. The summed E-state index contributed by atoms with van der Waals surface area (Å²) in [5, 5.41) is 4.72. The lowest BCUT2D eigenvalue weighted by Gasteiger charge is -2.28. The fraction of sp³-hybridized carbons (Fsp3) is 0.0545. The number of nitrogens with zero attached hydrogens (tertiary/aromatic N) is 1. The van der Waals surface area contributed by atoms with E-state index < -0.39 is 0 Å². The molecule has 0 atom stereocenters. The first kappa shape index (κ1) is 33.2. The topological polar surface area (TPSA) is 16.4 Å². The van der Waals surface area contributed by atoms with Crippen molar-refractivity contribution in [3.63, 3.8) is 0 Å². The van der Waals surface area contributed by atoms with E-state index in [1.54, 1.807) is 0 Å². The van der Waals surface area contributed by atoms with Crippen molar-refractivity contribution in [2.75, 3.05) is 4.90 Å². The Labute approximate surface area is 332 Å². The predicted octanol–water partition coefficient (Wildman–Crippen LogP) is 15.5. The van der Waals surface area contributed by atoms with Gasteiger partial charge in [0.1, 0.15) is 11.2 Å². The van der Waals surface area contributed by atoms with Crippen molar-refractivity contribution >= 4 is 49.8 Å². The van der Waals surface area contributed by atoms with Gasteiger partial charge in [0.05, 0.1) is 0 Å². The van der Waals surface area contributed by atoms with Gasteiger partial charge in [0, 0.05) is 33.2 Å². The Hall–Kier alpha value is -7.16. The van der Waals surface area contributed by atoms with E-state index >= 15 is 0 Å². The van der Waals surface area contributed by atoms with Gasteiger partial charge in [-0.2, -0.15) is 0 Å². The second-order valence-corrected chi connectivity index (χ2v) is 15.7. The minimum atomic E-state index is -0.0996. The molecule has 0 bridgehead atoms. The summed E-state index contributed by atoms with van der Waals surface area (Å²) in [6.07, 6.45) is 0. The Kier molecular flexibility index (Phi) is 7.55. The van der Waals surface area contributed by atoms with Crippen LogP contribution in [0, 0.1) is 0 Å². The van der Waals surface area contributed by atoms with E-state index in [1.165, 1.54) is 66.4 Å². The second-order valence-electron chi connectivity index (χ2n) is 15.7. The SMILES string of the molecule is CC1(C)c2ccccc2-c2ccc(N(c3ccc(-c4ccccc4)cc3)c3ccc(-c4ccc5c(c4)c(-c4ccccc4)cc4oc6ccccc6c45)cc3)cc21. The fourth-order valence-corrected chi connectivity index (χ4v) is 9.19. The molecule has 0 spiro atoms. The maximum atomic E-state index is 6.42. The minimum absolute atomic E-state index is 0.0996. The standard InChI is InChI=1S/C55H39NO/c1-55(2)50-19-11-9-17-44(50)45-32-30-43(34-51(45)55)56(41-26-21-37(22-27-41)36-13-5-3-6-14-36)42-28-23-38(24-29-42)40-25-31-46-49(33-40)48(39-15-7-4-8-16-39)35-53-54(46)47-18-10-12-20-52(47)57-53/h3-35H,1-2H3. The lowest BCUT2D eigenvalue weighted by molar-refractivity contribution is 0.660. The van der Waals surface area contributed by atoms with E-state index in [1.807, 2.05) is 6.07 Å². The number of hydrogen-bond acceptors (Lipinski definition) is 2. The third-order valence-corrected chi connectivity index (χ3v) is 12.1. The van der Waals surface area contributed by atoms with E-state index in [0.29, 0.717) is 0 Å². The molecule has 11 rings (SSSR count). The largest absolute Gasteiger partial charge is 0.456 e. The summed E-state index contributed by atoms with van der Waals surface area (Å²) in [4.78, 5) is 2.40. The number of anilines is 3. The van der Waals surface area contributed by atoms with Crippen LogP contribution in [0.1, 0.15) is 25.0 Å². The van der Waals surface area contributed by atoms with Gasteiger partial charge in [-0.3, -0.25) is 0 Å². The maximum absolute atomic E-state index is 6.42. The number of benzene rings is 9. The molecule has 57 heavy (non-hydrogen) atoms. The zero-order valence-electron chi connectivity index (χ0n) is 31.9. The number of furan rings is 1. The molecule has 0 fully saturated rings. The number of hydrogen-bond donors (Lipinski definition) is 0. The first-order chi connectivity index (χ1) is 28.0. The van der Waals surface area contributed by atoms with Gasteiger partial charge in [0.2, 0.25) is 0 Å². The Balaban J connectivity index is 1.03. The van der Waals surface area contributed by atoms with Crippen LogP contribution in [0.3, 0.4) is 0 Å². The zero-order valence-corrected chi connectivity index (χ0v) is 31.9. The molecule has 270 valence electrons. The molecule has 0 saturated heterocycles. The summed E-state index contributed by atoms with van der Waals surface area (Å²) >= 11 is 0. The van der Waals surface area contributed by atoms with Gasteiger partial charge < -0.3 is 9.32 Å². The normalized spacial score (nSPS) is 12.9. The first-order valence-corrected chi connectivity index (χ1v) is 19.8. The molecule has 0 unspecified atom stereocenters. The highest BCUT2D eigenvalue weighted by molar-refractivity contribution is 6.22. The van der Waals surface area contributed by atoms with E-state index in [2.05, 4.69) is 213 Å². The summed E-state index contributed by atoms with van der Waals surface area (Å²) in [5.74, 6) is 0. The van der Waals surface area contributed by atoms with Gasteiger partial charge >= 0.3 is 0 Å². The van der Waals surface area contributed by atoms with Crippen LogP contribution in [-0.2, 0) is 5.41 Å². The predicted molar refractivity (Wildman–Crippen MR) is 240 cm³/mol. The average molecular weight is 730 g/mol. The molecular formula is C55H39NO. The van der Waals surface area contributed by atoms with Gasteiger partial charge in [-0.15, -0.1) is 0 Å². The lowest BCUT2D eigenvalue weighted by atomic mass is 9.82. The van der Waals surface area contributed by atoms with Crippen molar-refractivity contribution in [3.05, 3.63) is 211 Å². The third-order valence-electron chi connectivity index (χ3n) is 12.1. The smallest absolute Gasteiger partial charge is 0.136 e. The van der Waals surface area contributed by atoms with E-state index in [9.17, 15) is 0 Å². The van der Waals surface area contributed by atoms with Crippen LogP contribution in [0.5, 0.6) is 0 Å². The molecule has 0 saturated carbocycles. The molecule has 2 heteroatoms. The van der Waals surface area contributed by atoms with Gasteiger partial charge in [0.25, 0.3) is 0 Å². The highest BCUT2D eigenvalue weighted by Gasteiger charge is 2.35. The Morgan fingerprint density at radius 2 is 0.912 bits per heavy atom. The van der Waals surface area contributed by atoms with Crippen LogP contribution in [-0.4, -0.2) is 0 Å². The molecule has 9 aromatic carbocycles. The van der Waals surface area contributed by atoms with Crippen molar-refractivity contribution in [1.29, 1.82) is 0 Å². The summed E-state index contributed by atoms with van der Waals surface area (Å²) in [6.45, 7) is 4.70. The molecule has 1 aromatic heterocycles. The van der Waals surface area contributed by atoms with Crippen LogP contribution in [0.4, 0.5) is 17.1 Å². The monoisotopic (exact) mass is 729 g/mol. The Morgan fingerprint density at radius 1 is 0.351 bits per heavy atom. The summed E-state index contributed by atoms with van der Waals surface area (Å²) < 4.78 is 6.42. The van der Waals surface area contributed by atoms with Gasteiger partial charge in [0.15, 0.2) is 0 Å². The number of para-hydroxylation sites is 1. The maximum Gasteiger partial charge on any atom is 0.136 e. The van der Waals surface area contributed by atoms with Crippen LogP contribution in [0.2, 0.25) is 0 Å². The van der Waals surface area contributed by atoms with Gasteiger partial charge in [-0.05, 0) is 121 Å². The van der Waals surface area contributed by atoms with Crippen molar-refractivity contribution in [1.82, 2.24) is 0 Å². The Morgan fingerprint density at radius 3 is 1.65 bits per heavy atom. The molecule has 10 aromatic rings. The average Bonchev–Trinajstić information content (AvgIpc) is 3.76. The van der Waals surface area contributed by atoms with Crippen LogP contribution >= 0.6 is 0 Å². The molecule has 0 radical (unpaired) electrons. The quantitative estimate of drug-likeness (QED) is 0.169. The second kappa shape index (κ2) is 13.0. The summed E-state index contributed by atoms with van der Waals surface area (Å²) in [7, 11) is 0. The van der Waals surface area contributed by atoms with Gasteiger partial charge in [-0.1, -0.05) is 159 Å². The molecule has 1 heterocycles. The van der Waals surface area contributed by atoms with Gasteiger partial charge in [-0.25, -0.2) is 0 Å². The highest BCUT2D eigenvalue weighted by atomic mass is 16.3. The minimum Gasteiger partial charge on any atom is -0.456 e. The zero-order chi connectivity index (χ0) is 38.1. The van der Waals surface area contributed by atoms with E-state index in [4.69, 9.17) is 4.42 Å². The first-order valence-electron chi connectivity index (χ1n) is 19.8. The molecule has 0 aliphatic heterocycles. The molecule has 2 nitrogen and oxygen atoms in total.